The van der Waals surface area contributed by atoms with Crippen LogP contribution in [0.4, 0.5) is 0 Å². The van der Waals surface area contributed by atoms with Crippen molar-refractivity contribution in [2.24, 2.45) is 0 Å². The van der Waals surface area contributed by atoms with Gasteiger partial charge in [0, 0.05) is 6.42 Å². The molecule has 0 amide bonds. The van der Waals surface area contributed by atoms with Crippen molar-refractivity contribution in [1.82, 2.24) is 10.2 Å². The molecule has 114 valence electrons. The van der Waals surface area contributed by atoms with Gasteiger partial charge in [-0.3, -0.25) is 4.79 Å². The molecule has 0 aliphatic carbocycles. The highest BCUT2D eigenvalue weighted by atomic mass is 16.5. The lowest BCUT2D eigenvalue weighted by Gasteiger charge is -2.13. The largest absolute Gasteiger partial charge is 0.462 e. The lowest BCUT2D eigenvalue weighted by atomic mass is 10.2. The fourth-order valence-electron chi connectivity index (χ4n) is 1.86. The van der Waals surface area contributed by atoms with E-state index in [1.165, 1.54) is 6.42 Å². The number of hydrogen-bond acceptors (Lipinski definition) is 4. The molecule has 0 heterocycles. The van der Waals surface area contributed by atoms with Crippen molar-refractivity contribution in [3.8, 4) is 0 Å². The Morgan fingerprint density at radius 1 is 1.11 bits per heavy atom. The number of hydrogen-bond donors (Lipinski definition) is 1. The first-order valence-electron chi connectivity index (χ1n) is 7.65. The normalized spacial score (nSPS) is 11.3. The van der Waals surface area contributed by atoms with Crippen molar-refractivity contribution < 1.29 is 9.53 Å². The van der Waals surface area contributed by atoms with Crippen LogP contribution >= 0.6 is 0 Å². The van der Waals surface area contributed by atoms with Gasteiger partial charge in [-0.05, 0) is 65.8 Å². The van der Waals surface area contributed by atoms with Crippen LogP contribution in [0, 0.1) is 0 Å². The molecular weight excluding hydrogens is 240 g/mol. The van der Waals surface area contributed by atoms with E-state index in [1.54, 1.807) is 0 Å². The fourth-order valence-corrected chi connectivity index (χ4v) is 1.86. The van der Waals surface area contributed by atoms with Gasteiger partial charge in [-0.25, -0.2) is 0 Å². The molecular formula is C15H32N2O2. The number of unbranched alkanes of at least 4 members (excludes halogenated alkanes) is 1. The quantitative estimate of drug-likeness (QED) is 0.438. The minimum absolute atomic E-state index is 0.0405. The number of nitrogens with zero attached hydrogens (tertiary/aromatic N) is 1. The molecule has 0 aromatic carbocycles. The molecule has 0 unspecified atom stereocenters. The topological polar surface area (TPSA) is 41.6 Å². The zero-order valence-electron chi connectivity index (χ0n) is 13.2. The van der Waals surface area contributed by atoms with Gasteiger partial charge in [-0.1, -0.05) is 13.8 Å². The maximum absolute atomic E-state index is 11.5. The summed E-state index contributed by atoms with van der Waals surface area (Å²) in [6, 6.07) is 0. The van der Waals surface area contributed by atoms with E-state index >= 15 is 0 Å². The highest BCUT2D eigenvalue weighted by Crippen LogP contribution is 2.06. The Morgan fingerprint density at radius 3 is 2.32 bits per heavy atom. The van der Waals surface area contributed by atoms with Crippen LogP contribution in [0.2, 0.25) is 0 Å². The van der Waals surface area contributed by atoms with E-state index in [0.29, 0.717) is 6.42 Å². The van der Waals surface area contributed by atoms with Gasteiger partial charge in [0.05, 0.1) is 0 Å². The number of ether oxygens (including phenoxy) is 1. The molecule has 0 aliphatic rings. The summed E-state index contributed by atoms with van der Waals surface area (Å²) in [6.45, 7) is 7.27. The number of nitrogens with one attached hydrogen (secondary N) is 1. The Hall–Kier alpha value is -0.610. The Kier molecular flexibility index (Phi) is 12.0. The van der Waals surface area contributed by atoms with Crippen LogP contribution in [0.15, 0.2) is 0 Å². The first kappa shape index (κ1) is 18.4. The third-order valence-corrected chi connectivity index (χ3v) is 3.15. The summed E-state index contributed by atoms with van der Waals surface area (Å²) < 4.78 is 5.36. The van der Waals surface area contributed by atoms with Crippen molar-refractivity contribution in [2.75, 3.05) is 33.7 Å². The van der Waals surface area contributed by atoms with Gasteiger partial charge < -0.3 is 15.0 Å². The maximum atomic E-state index is 11.5. The fraction of sp³-hybridized carbons (Fsp3) is 0.933. The molecule has 1 N–H and O–H groups in total. The Labute approximate surface area is 118 Å². The summed E-state index contributed by atoms with van der Waals surface area (Å²) in [5.74, 6) is -0.0405. The van der Waals surface area contributed by atoms with Crippen molar-refractivity contribution in [3.05, 3.63) is 0 Å². The third-order valence-electron chi connectivity index (χ3n) is 3.15. The first-order chi connectivity index (χ1) is 9.10. The highest BCUT2D eigenvalue weighted by molar-refractivity contribution is 5.69. The van der Waals surface area contributed by atoms with E-state index < -0.39 is 0 Å². The van der Waals surface area contributed by atoms with E-state index in [4.69, 9.17) is 4.74 Å². The summed E-state index contributed by atoms with van der Waals surface area (Å²) in [5.41, 5.74) is 0. The zero-order chi connectivity index (χ0) is 14.5. The van der Waals surface area contributed by atoms with Crippen molar-refractivity contribution >= 4 is 5.97 Å². The van der Waals surface area contributed by atoms with Gasteiger partial charge in [0.25, 0.3) is 0 Å². The van der Waals surface area contributed by atoms with Crippen LogP contribution in [0.5, 0.6) is 0 Å². The molecule has 0 saturated carbocycles. The summed E-state index contributed by atoms with van der Waals surface area (Å²) >= 11 is 0. The monoisotopic (exact) mass is 272 g/mol. The minimum atomic E-state index is -0.0405. The molecule has 4 nitrogen and oxygen atoms in total. The van der Waals surface area contributed by atoms with Gasteiger partial charge >= 0.3 is 5.97 Å². The number of esters is 1. The Balaban J connectivity index is 3.32. The molecule has 0 aromatic heterocycles. The lowest BCUT2D eigenvalue weighted by molar-refractivity contribution is -0.149. The predicted octanol–water partition coefficient (Wildman–Crippen LogP) is 2.43. The average Bonchev–Trinajstić information content (AvgIpc) is 2.38. The van der Waals surface area contributed by atoms with Crippen molar-refractivity contribution in [2.45, 2.75) is 58.5 Å². The van der Waals surface area contributed by atoms with Crippen LogP contribution < -0.4 is 5.32 Å². The van der Waals surface area contributed by atoms with Crippen molar-refractivity contribution in [1.29, 1.82) is 0 Å². The Bertz CT molecular complexity index is 216. The van der Waals surface area contributed by atoms with Crippen LogP contribution in [0.1, 0.15) is 52.4 Å². The van der Waals surface area contributed by atoms with Crippen molar-refractivity contribution in [3.63, 3.8) is 0 Å². The van der Waals surface area contributed by atoms with E-state index in [0.717, 1.165) is 45.3 Å². The molecule has 0 bridgehead atoms. The van der Waals surface area contributed by atoms with E-state index in [1.807, 2.05) is 0 Å². The summed E-state index contributed by atoms with van der Waals surface area (Å²) in [5, 5.41) is 3.40. The Morgan fingerprint density at radius 2 is 1.74 bits per heavy atom. The summed E-state index contributed by atoms with van der Waals surface area (Å²) in [6.07, 6.45) is 5.61. The van der Waals surface area contributed by atoms with Gasteiger partial charge in [-0.15, -0.1) is 0 Å². The standard InChI is InChI=1S/C15H32N2O2/c1-5-14(6-2)19-15(18)10-7-8-11-16-12-9-13-17(3)4/h14,16H,5-13H2,1-4H3. The highest BCUT2D eigenvalue weighted by Gasteiger charge is 2.09. The molecule has 4 heteroatoms. The van der Waals surface area contributed by atoms with Crippen LogP contribution in [0.25, 0.3) is 0 Å². The van der Waals surface area contributed by atoms with Crippen LogP contribution in [-0.4, -0.2) is 50.7 Å². The third kappa shape index (κ3) is 12.2. The number of carbonyl (C=O) groups is 1. The lowest BCUT2D eigenvalue weighted by Crippen LogP contribution is -2.22. The van der Waals surface area contributed by atoms with Crippen LogP contribution in [-0.2, 0) is 9.53 Å². The molecule has 0 aromatic rings. The minimum Gasteiger partial charge on any atom is -0.462 e. The van der Waals surface area contributed by atoms with Gasteiger partial charge in [0.2, 0.25) is 0 Å². The van der Waals surface area contributed by atoms with E-state index in [9.17, 15) is 4.79 Å². The molecule has 0 fully saturated rings. The molecule has 0 rings (SSSR count). The molecule has 19 heavy (non-hydrogen) atoms. The number of rotatable bonds is 12. The second kappa shape index (κ2) is 12.4. The van der Waals surface area contributed by atoms with E-state index in [-0.39, 0.29) is 12.1 Å². The molecule has 0 atom stereocenters. The van der Waals surface area contributed by atoms with Crippen LogP contribution in [0.3, 0.4) is 0 Å². The summed E-state index contributed by atoms with van der Waals surface area (Å²) in [4.78, 5) is 13.7. The molecule has 0 saturated heterocycles. The average molecular weight is 272 g/mol. The molecule has 0 spiro atoms. The molecule has 0 radical (unpaired) electrons. The maximum Gasteiger partial charge on any atom is 0.306 e. The predicted molar refractivity (Wildman–Crippen MR) is 80.4 cm³/mol. The summed E-state index contributed by atoms with van der Waals surface area (Å²) in [7, 11) is 4.18. The van der Waals surface area contributed by atoms with Gasteiger partial charge in [0.15, 0.2) is 0 Å². The second-order valence-corrected chi connectivity index (χ2v) is 5.29. The number of carbonyl (C=O) groups excluding carboxylic acids is 1. The smallest absolute Gasteiger partial charge is 0.306 e. The van der Waals surface area contributed by atoms with E-state index in [2.05, 4.69) is 38.2 Å². The first-order valence-corrected chi connectivity index (χ1v) is 7.65. The van der Waals surface area contributed by atoms with Gasteiger partial charge in [-0.2, -0.15) is 0 Å². The van der Waals surface area contributed by atoms with Gasteiger partial charge in [0.1, 0.15) is 6.10 Å². The zero-order valence-corrected chi connectivity index (χ0v) is 13.2. The SMILES string of the molecule is CCC(CC)OC(=O)CCCCNCCCN(C)C. The molecule has 0 aliphatic heterocycles. The second-order valence-electron chi connectivity index (χ2n) is 5.29.